The van der Waals surface area contributed by atoms with Crippen LogP contribution in [0.2, 0.25) is 0 Å². The standard InChI is InChI=1S/C50H30N4/c1-2-11-31(12-3-1)32-13-8-15-36(27-32)53-43-20-6-4-16-37(43)41-28-33(22-24-45(41)53)34-23-25-46-42(29-34)38-17-5-7-21-44(38)54(46)47-30-35-14-9-18-39-40-19-10-26-51-49(40)50(52-47)48(35)39/h1-30H. The van der Waals surface area contributed by atoms with E-state index in [1.807, 2.05) is 12.3 Å². The topological polar surface area (TPSA) is 35.6 Å². The molecule has 1 aliphatic carbocycles. The number of benzene rings is 7. The molecule has 0 amide bonds. The predicted molar refractivity (Wildman–Crippen MR) is 224 cm³/mol. The molecule has 7 aromatic carbocycles. The molecule has 4 heterocycles. The van der Waals surface area contributed by atoms with E-state index in [0.717, 1.165) is 39.5 Å². The Morgan fingerprint density at radius 3 is 1.76 bits per heavy atom. The lowest BCUT2D eigenvalue weighted by Crippen LogP contribution is -1.99. The fourth-order valence-corrected chi connectivity index (χ4v) is 8.90. The van der Waals surface area contributed by atoms with Crippen LogP contribution >= 0.6 is 0 Å². The number of hydrogen-bond donors (Lipinski definition) is 0. The third-order valence-electron chi connectivity index (χ3n) is 11.3. The lowest BCUT2D eigenvalue weighted by molar-refractivity contribution is 1.09. The van der Waals surface area contributed by atoms with E-state index < -0.39 is 0 Å². The van der Waals surface area contributed by atoms with Crippen LogP contribution in [0.3, 0.4) is 0 Å². The van der Waals surface area contributed by atoms with Crippen LogP contribution in [-0.4, -0.2) is 19.1 Å². The van der Waals surface area contributed by atoms with Gasteiger partial charge >= 0.3 is 0 Å². The van der Waals surface area contributed by atoms with E-state index in [9.17, 15) is 0 Å². The monoisotopic (exact) mass is 686 g/mol. The Kier molecular flexibility index (Phi) is 6.02. The van der Waals surface area contributed by atoms with E-state index >= 15 is 0 Å². The highest BCUT2D eigenvalue weighted by molar-refractivity contribution is 6.15. The van der Waals surface area contributed by atoms with Gasteiger partial charge in [0, 0.05) is 44.4 Å². The minimum absolute atomic E-state index is 0.901. The van der Waals surface area contributed by atoms with Gasteiger partial charge in [0.05, 0.1) is 27.8 Å². The molecular weight excluding hydrogens is 657 g/mol. The fraction of sp³-hybridized carbons (Fsp3) is 0. The van der Waals surface area contributed by atoms with Crippen LogP contribution in [0.4, 0.5) is 0 Å². The number of rotatable bonds is 4. The Bertz CT molecular complexity index is 3330. The number of aromatic nitrogens is 4. The maximum atomic E-state index is 5.35. The highest BCUT2D eigenvalue weighted by Crippen LogP contribution is 2.46. The van der Waals surface area contributed by atoms with E-state index in [2.05, 4.69) is 179 Å². The molecule has 12 rings (SSSR count). The molecule has 0 atom stereocenters. The summed E-state index contributed by atoms with van der Waals surface area (Å²) < 4.78 is 4.72. The highest BCUT2D eigenvalue weighted by Gasteiger charge is 2.25. The van der Waals surface area contributed by atoms with Crippen molar-refractivity contribution in [3.8, 4) is 56.3 Å². The maximum absolute atomic E-state index is 5.35. The van der Waals surface area contributed by atoms with E-state index in [0.29, 0.717) is 0 Å². The molecule has 0 saturated heterocycles. The van der Waals surface area contributed by atoms with Crippen LogP contribution in [0.5, 0.6) is 0 Å². The Morgan fingerprint density at radius 1 is 0.370 bits per heavy atom. The smallest absolute Gasteiger partial charge is 0.139 e. The van der Waals surface area contributed by atoms with E-state index in [-0.39, 0.29) is 0 Å². The second-order valence-electron chi connectivity index (χ2n) is 14.2. The molecule has 250 valence electrons. The Morgan fingerprint density at radius 2 is 0.981 bits per heavy atom. The molecule has 0 aliphatic heterocycles. The van der Waals surface area contributed by atoms with Crippen LogP contribution in [0.25, 0.3) is 111 Å². The lowest BCUT2D eigenvalue weighted by atomic mass is 10.0. The summed E-state index contributed by atoms with van der Waals surface area (Å²) in [6.45, 7) is 0. The molecule has 0 saturated carbocycles. The van der Waals surface area contributed by atoms with Crippen molar-refractivity contribution < 1.29 is 0 Å². The van der Waals surface area contributed by atoms with Crippen molar-refractivity contribution >= 4 is 54.4 Å². The van der Waals surface area contributed by atoms with Crippen molar-refractivity contribution in [2.45, 2.75) is 0 Å². The SMILES string of the molecule is c1ccc(-c2cccc(-n3c4ccccc4c4cc(-c5ccc6c(c5)c5ccccc5n6-c5cc6cccc7c6c(n5)-c5ncccc5-7)ccc43)c2)cc1. The molecule has 0 unspecified atom stereocenters. The van der Waals surface area contributed by atoms with Gasteiger partial charge in [-0.05, 0) is 93.9 Å². The van der Waals surface area contributed by atoms with Crippen LogP contribution in [-0.2, 0) is 0 Å². The molecule has 0 fully saturated rings. The van der Waals surface area contributed by atoms with E-state index in [1.54, 1.807) is 0 Å². The van der Waals surface area contributed by atoms with Crippen molar-refractivity contribution in [3.63, 3.8) is 0 Å². The van der Waals surface area contributed by atoms with Crippen molar-refractivity contribution in [1.29, 1.82) is 0 Å². The predicted octanol–water partition coefficient (Wildman–Crippen LogP) is 12.8. The third kappa shape index (κ3) is 4.13. The summed E-state index contributed by atoms with van der Waals surface area (Å²) in [6.07, 6.45) is 1.87. The van der Waals surface area contributed by atoms with Crippen molar-refractivity contribution in [2.24, 2.45) is 0 Å². The Labute approximate surface area is 310 Å². The van der Waals surface area contributed by atoms with Gasteiger partial charge in [-0.2, -0.15) is 0 Å². The summed E-state index contributed by atoms with van der Waals surface area (Å²) >= 11 is 0. The van der Waals surface area contributed by atoms with Crippen molar-refractivity contribution in [1.82, 2.24) is 19.1 Å². The zero-order valence-corrected chi connectivity index (χ0v) is 29.1. The van der Waals surface area contributed by atoms with Crippen LogP contribution in [0, 0.1) is 0 Å². The molecule has 4 aromatic heterocycles. The van der Waals surface area contributed by atoms with Gasteiger partial charge in [0.15, 0.2) is 0 Å². The Balaban J connectivity index is 1.03. The van der Waals surface area contributed by atoms with Crippen LogP contribution in [0.1, 0.15) is 0 Å². The molecule has 1 aliphatic rings. The first-order chi connectivity index (χ1) is 26.8. The zero-order chi connectivity index (χ0) is 35.3. The fourth-order valence-electron chi connectivity index (χ4n) is 8.90. The van der Waals surface area contributed by atoms with Gasteiger partial charge in [0.1, 0.15) is 11.5 Å². The van der Waals surface area contributed by atoms with Gasteiger partial charge in [-0.1, -0.05) is 115 Å². The van der Waals surface area contributed by atoms with Gasteiger partial charge < -0.3 is 4.57 Å². The summed E-state index contributed by atoms with van der Waals surface area (Å²) in [6, 6.07) is 63.6. The first-order valence-electron chi connectivity index (χ1n) is 18.4. The average molecular weight is 687 g/mol. The molecule has 4 nitrogen and oxygen atoms in total. The normalized spacial score (nSPS) is 12.1. The van der Waals surface area contributed by atoms with Gasteiger partial charge in [0.25, 0.3) is 0 Å². The average Bonchev–Trinajstić information content (AvgIpc) is 3.87. The minimum atomic E-state index is 0.901. The molecular formula is C50H30N4. The first-order valence-corrected chi connectivity index (χ1v) is 18.4. The molecule has 4 heteroatoms. The van der Waals surface area contributed by atoms with Gasteiger partial charge in [0.2, 0.25) is 0 Å². The third-order valence-corrected chi connectivity index (χ3v) is 11.3. The summed E-state index contributed by atoms with van der Waals surface area (Å²) in [5.41, 5.74) is 14.9. The highest BCUT2D eigenvalue weighted by atomic mass is 15.1. The molecule has 0 N–H and O–H groups in total. The van der Waals surface area contributed by atoms with Gasteiger partial charge in [-0.3, -0.25) is 9.55 Å². The van der Waals surface area contributed by atoms with Gasteiger partial charge in [-0.25, -0.2) is 4.98 Å². The Hall–Kier alpha value is -7.30. The van der Waals surface area contributed by atoms with E-state index in [1.165, 1.54) is 71.2 Å². The number of hydrogen-bond acceptors (Lipinski definition) is 2. The van der Waals surface area contributed by atoms with Crippen LogP contribution in [0.15, 0.2) is 182 Å². The number of fused-ring (bicyclic) bond motifs is 9. The second-order valence-corrected chi connectivity index (χ2v) is 14.2. The number of para-hydroxylation sites is 2. The molecule has 0 radical (unpaired) electrons. The summed E-state index contributed by atoms with van der Waals surface area (Å²) in [4.78, 5) is 10.1. The largest absolute Gasteiger partial charge is 0.309 e. The first kappa shape index (κ1) is 29.3. The van der Waals surface area contributed by atoms with E-state index in [4.69, 9.17) is 9.97 Å². The second kappa shape index (κ2) is 11.1. The molecule has 0 bridgehead atoms. The van der Waals surface area contributed by atoms with Crippen LogP contribution < -0.4 is 0 Å². The number of pyridine rings is 2. The number of nitrogens with zero attached hydrogens (tertiary/aromatic N) is 4. The minimum Gasteiger partial charge on any atom is -0.309 e. The molecule has 0 spiro atoms. The quantitative estimate of drug-likeness (QED) is 0.185. The maximum Gasteiger partial charge on any atom is 0.139 e. The zero-order valence-electron chi connectivity index (χ0n) is 29.1. The van der Waals surface area contributed by atoms with Gasteiger partial charge in [-0.15, -0.1) is 0 Å². The summed E-state index contributed by atoms with van der Waals surface area (Å²) in [5.74, 6) is 0.901. The van der Waals surface area contributed by atoms with Crippen molar-refractivity contribution in [2.75, 3.05) is 0 Å². The summed E-state index contributed by atoms with van der Waals surface area (Å²) in [5, 5.41) is 7.24. The lowest BCUT2D eigenvalue weighted by Gasteiger charge is -2.11. The van der Waals surface area contributed by atoms with Crippen molar-refractivity contribution in [3.05, 3.63) is 182 Å². The molecule has 11 aromatic rings. The summed E-state index contributed by atoms with van der Waals surface area (Å²) in [7, 11) is 0. The molecule has 54 heavy (non-hydrogen) atoms.